The number of anilines is 1. The summed E-state index contributed by atoms with van der Waals surface area (Å²) >= 11 is 0. The van der Waals surface area contributed by atoms with E-state index >= 15 is 0 Å². The molecule has 0 heterocycles. The van der Waals surface area contributed by atoms with E-state index in [0.717, 1.165) is 11.3 Å². The maximum Gasteiger partial charge on any atom is 0.305 e. The molecule has 5 nitrogen and oxygen atoms in total. The van der Waals surface area contributed by atoms with Crippen molar-refractivity contribution in [3.63, 3.8) is 0 Å². The van der Waals surface area contributed by atoms with E-state index in [0.29, 0.717) is 0 Å². The van der Waals surface area contributed by atoms with Gasteiger partial charge in [0.1, 0.15) is 0 Å². The van der Waals surface area contributed by atoms with E-state index in [2.05, 4.69) is 0 Å². The topological polar surface area (TPSA) is 83.6 Å². The van der Waals surface area contributed by atoms with Gasteiger partial charge in [0.15, 0.2) is 0 Å². The molecule has 5 heteroatoms. The third-order valence-electron chi connectivity index (χ3n) is 3.00. The average Bonchev–Trinajstić information content (AvgIpc) is 2.39. The molecule has 1 rings (SSSR count). The van der Waals surface area contributed by atoms with E-state index in [-0.39, 0.29) is 31.3 Å². The number of nitrogens with zero attached hydrogens (tertiary/aromatic N) is 1. The molecule has 0 saturated heterocycles. The van der Waals surface area contributed by atoms with Crippen LogP contribution in [-0.4, -0.2) is 30.1 Å². The number of hydrogen-bond acceptors (Lipinski definition) is 3. The van der Waals surface area contributed by atoms with Crippen molar-refractivity contribution >= 4 is 17.6 Å². The summed E-state index contributed by atoms with van der Waals surface area (Å²) in [5.41, 5.74) is 7.20. The molecule has 0 bridgehead atoms. The summed E-state index contributed by atoms with van der Waals surface area (Å²) in [7, 11) is 0. The number of amides is 1. The van der Waals surface area contributed by atoms with Crippen molar-refractivity contribution < 1.29 is 14.7 Å². The van der Waals surface area contributed by atoms with Crippen molar-refractivity contribution in [3.05, 3.63) is 29.8 Å². The summed E-state index contributed by atoms with van der Waals surface area (Å²) in [6.45, 7) is 4.04. The van der Waals surface area contributed by atoms with Crippen LogP contribution in [0.1, 0.15) is 18.9 Å². The molecule has 0 aliphatic rings. The number of para-hydroxylation sites is 1. The van der Waals surface area contributed by atoms with Gasteiger partial charge in [-0.1, -0.05) is 25.1 Å². The van der Waals surface area contributed by atoms with Gasteiger partial charge in [0.25, 0.3) is 0 Å². The molecule has 1 amide bonds. The Labute approximate surface area is 113 Å². The Bertz CT molecular complexity index is 460. The Kier molecular flexibility index (Phi) is 5.51. The molecule has 0 fully saturated rings. The number of aliphatic carboxylic acids is 1. The van der Waals surface area contributed by atoms with Gasteiger partial charge >= 0.3 is 5.97 Å². The maximum absolute atomic E-state index is 12.3. The third-order valence-corrected chi connectivity index (χ3v) is 3.00. The van der Waals surface area contributed by atoms with Gasteiger partial charge in [-0.2, -0.15) is 0 Å². The molecule has 0 radical (unpaired) electrons. The zero-order chi connectivity index (χ0) is 14.4. The highest BCUT2D eigenvalue weighted by Crippen LogP contribution is 2.21. The van der Waals surface area contributed by atoms with E-state index in [1.807, 2.05) is 31.2 Å². The number of carboxylic acids is 1. The first kappa shape index (κ1) is 15.2. The van der Waals surface area contributed by atoms with E-state index in [9.17, 15) is 9.59 Å². The highest BCUT2D eigenvalue weighted by Gasteiger charge is 2.22. The zero-order valence-electron chi connectivity index (χ0n) is 11.3. The zero-order valence-corrected chi connectivity index (χ0v) is 11.3. The van der Waals surface area contributed by atoms with Crippen molar-refractivity contribution in [3.8, 4) is 0 Å². The average molecular weight is 264 g/mol. The number of carboxylic acid groups (broad SMARTS) is 1. The van der Waals surface area contributed by atoms with Gasteiger partial charge in [-0.05, 0) is 18.6 Å². The summed E-state index contributed by atoms with van der Waals surface area (Å²) in [5, 5.41) is 8.79. The molecular weight excluding hydrogens is 244 g/mol. The smallest absolute Gasteiger partial charge is 0.305 e. The van der Waals surface area contributed by atoms with Gasteiger partial charge in [-0.15, -0.1) is 0 Å². The molecule has 0 aliphatic heterocycles. The summed E-state index contributed by atoms with van der Waals surface area (Å²) in [6.07, 6.45) is -0.0859. The van der Waals surface area contributed by atoms with Gasteiger partial charge in [0.2, 0.25) is 5.91 Å². The standard InChI is InChI=1S/C14H20N2O3/c1-10-5-3-4-6-12(10)16(8-7-13(17)18)14(19)11(2)9-15/h3-6,11H,7-9,15H2,1-2H3,(H,17,18). The van der Waals surface area contributed by atoms with Crippen LogP contribution >= 0.6 is 0 Å². The van der Waals surface area contributed by atoms with Crippen LogP contribution < -0.4 is 10.6 Å². The summed E-state index contributed by atoms with van der Waals surface area (Å²) in [5.74, 6) is -1.39. The molecule has 0 aromatic heterocycles. The largest absolute Gasteiger partial charge is 0.481 e. The lowest BCUT2D eigenvalue weighted by Crippen LogP contribution is -2.39. The Balaban J connectivity index is 3.01. The van der Waals surface area contributed by atoms with Gasteiger partial charge in [-0.25, -0.2) is 0 Å². The Morgan fingerprint density at radius 2 is 2.00 bits per heavy atom. The van der Waals surface area contributed by atoms with Crippen molar-refractivity contribution in [1.82, 2.24) is 0 Å². The van der Waals surface area contributed by atoms with E-state index in [4.69, 9.17) is 10.8 Å². The van der Waals surface area contributed by atoms with Gasteiger partial charge in [0.05, 0.1) is 6.42 Å². The third kappa shape index (κ3) is 4.06. The number of carbonyl (C=O) groups is 2. The number of rotatable bonds is 6. The number of aryl methyl sites for hydroxylation is 1. The second kappa shape index (κ2) is 6.89. The normalized spacial score (nSPS) is 11.9. The monoisotopic (exact) mass is 264 g/mol. The minimum absolute atomic E-state index is 0.0859. The Morgan fingerprint density at radius 1 is 1.37 bits per heavy atom. The number of nitrogens with two attached hydrogens (primary N) is 1. The molecule has 1 aromatic carbocycles. The second-order valence-electron chi connectivity index (χ2n) is 4.56. The van der Waals surface area contributed by atoms with Crippen LogP contribution in [0.25, 0.3) is 0 Å². The fraction of sp³-hybridized carbons (Fsp3) is 0.429. The van der Waals surface area contributed by atoms with Gasteiger partial charge in [-0.3, -0.25) is 9.59 Å². The first-order chi connectivity index (χ1) is 8.97. The highest BCUT2D eigenvalue weighted by molar-refractivity contribution is 5.96. The lowest BCUT2D eigenvalue weighted by molar-refractivity contribution is -0.136. The summed E-state index contributed by atoms with van der Waals surface area (Å²) in [6, 6.07) is 7.42. The van der Waals surface area contributed by atoms with Crippen molar-refractivity contribution in [2.24, 2.45) is 11.7 Å². The van der Waals surface area contributed by atoms with Gasteiger partial charge < -0.3 is 15.7 Å². The Morgan fingerprint density at radius 3 is 2.53 bits per heavy atom. The first-order valence-corrected chi connectivity index (χ1v) is 6.26. The molecule has 19 heavy (non-hydrogen) atoms. The fourth-order valence-corrected chi connectivity index (χ4v) is 1.79. The van der Waals surface area contributed by atoms with Gasteiger partial charge in [0, 0.05) is 24.7 Å². The molecule has 104 valence electrons. The molecule has 0 spiro atoms. The maximum atomic E-state index is 12.3. The molecule has 1 atom stereocenters. The predicted octanol–water partition coefficient (Wildman–Crippen LogP) is 1.40. The van der Waals surface area contributed by atoms with Crippen molar-refractivity contribution in [2.75, 3.05) is 18.0 Å². The lowest BCUT2D eigenvalue weighted by Gasteiger charge is -2.26. The van der Waals surface area contributed by atoms with E-state index in [1.54, 1.807) is 6.92 Å². The van der Waals surface area contributed by atoms with Crippen molar-refractivity contribution in [1.29, 1.82) is 0 Å². The lowest BCUT2D eigenvalue weighted by atomic mass is 10.1. The molecular formula is C14H20N2O3. The minimum atomic E-state index is -0.924. The van der Waals surface area contributed by atoms with Crippen LogP contribution in [0.4, 0.5) is 5.69 Å². The van der Waals surface area contributed by atoms with Crippen LogP contribution in [0.15, 0.2) is 24.3 Å². The SMILES string of the molecule is Cc1ccccc1N(CCC(=O)O)C(=O)C(C)CN. The molecule has 1 unspecified atom stereocenters. The van der Waals surface area contributed by atoms with Crippen molar-refractivity contribution in [2.45, 2.75) is 20.3 Å². The fourth-order valence-electron chi connectivity index (χ4n) is 1.79. The van der Waals surface area contributed by atoms with E-state index in [1.165, 1.54) is 4.90 Å². The molecule has 0 saturated carbocycles. The van der Waals surface area contributed by atoms with Crippen LogP contribution in [0.5, 0.6) is 0 Å². The molecule has 0 aliphatic carbocycles. The summed E-state index contributed by atoms with van der Waals surface area (Å²) in [4.78, 5) is 24.5. The van der Waals surface area contributed by atoms with Crippen LogP contribution in [-0.2, 0) is 9.59 Å². The minimum Gasteiger partial charge on any atom is -0.481 e. The van der Waals surface area contributed by atoms with Crippen LogP contribution in [0, 0.1) is 12.8 Å². The van der Waals surface area contributed by atoms with Crippen LogP contribution in [0.2, 0.25) is 0 Å². The molecule has 1 aromatic rings. The predicted molar refractivity (Wildman–Crippen MR) is 74.0 cm³/mol. The Hall–Kier alpha value is -1.88. The molecule has 3 N–H and O–H groups in total. The second-order valence-corrected chi connectivity index (χ2v) is 4.56. The quantitative estimate of drug-likeness (QED) is 0.813. The summed E-state index contributed by atoms with van der Waals surface area (Å²) < 4.78 is 0. The number of hydrogen-bond donors (Lipinski definition) is 2. The highest BCUT2D eigenvalue weighted by atomic mass is 16.4. The van der Waals surface area contributed by atoms with Crippen LogP contribution in [0.3, 0.4) is 0 Å². The van der Waals surface area contributed by atoms with E-state index < -0.39 is 5.97 Å². The number of benzene rings is 1. The number of carbonyl (C=O) groups excluding carboxylic acids is 1. The first-order valence-electron chi connectivity index (χ1n) is 6.26.